The minimum absolute atomic E-state index is 0.0793. The highest BCUT2D eigenvalue weighted by molar-refractivity contribution is 7.13. The Labute approximate surface area is 151 Å². The lowest BCUT2D eigenvalue weighted by molar-refractivity contribution is -0.742. The zero-order valence-corrected chi connectivity index (χ0v) is 14.2. The molecule has 0 fully saturated rings. The van der Waals surface area contributed by atoms with Crippen LogP contribution in [0.2, 0.25) is 0 Å². The Morgan fingerprint density at radius 3 is 2.54 bits per heavy atom. The molecule has 2 aromatic heterocycles. The second-order valence-corrected chi connectivity index (χ2v) is 5.65. The van der Waals surface area contributed by atoms with Crippen LogP contribution in [0.3, 0.4) is 0 Å². The van der Waals surface area contributed by atoms with E-state index in [1.807, 2.05) is 58.7 Å². The van der Waals surface area contributed by atoms with Gasteiger partial charge in [0.25, 0.3) is 5.09 Å². The molecule has 11 heteroatoms. The molecule has 0 saturated heterocycles. The first-order valence-corrected chi connectivity index (χ1v) is 7.99. The van der Waals surface area contributed by atoms with Gasteiger partial charge in [-0.2, -0.15) is 10.2 Å². The SMILES string of the molecule is NC(N)=N/N=C/c1cn(-c2ccccc2)nc1-c1cccs1.O=[N+]([O-])O. The van der Waals surface area contributed by atoms with Crippen LogP contribution in [0, 0.1) is 10.1 Å². The van der Waals surface area contributed by atoms with Gasteiger partial charge in [-0.1, -0.05) is 24.3 Å². The molecule has 0 unspecified atom stereocenters. The van der Waals surface area contributed by atoms with Crippen LogP contribution < -0.4 is 11.5 Å². The number of guanidine groups is 1. The van der Waals surface area contributed by atoms with Crippen LogP contribution in [0.5, 0.6) is 0 Å². The normalized spacial score (nSPS) is 10.2. The lowest BCUT2D eigenvalue weighted by Gasteiger charge is -1.98. The summed E-state index contributed by atoms with van der Waals surface area (Å²) < 4.78 is 1.81. The van der Waals surface area contributed by atoms with Gasteiger partial charge < -0.3 is 16.7 Å². The van der Waals surface area contributed by atoms with E-state index in [1.54, 1.807) is 17.6 Å². The standard InChI is InChI=1S/C15H14N6S.HNO3/c16-15(17)19-18-9-11-10-21(12-5-2-1-3-6-12)20-14(11)13-7-4-8-22-13;2-1(3)4/h1-10H,(H4,16,17,19);(H,2,3,4)/b18-9+;. The van der Waals surface area contributed by atoms with E-state index in [0.29, 0.717) is 0 Å². The molecule has 0 saturated carbocycles. The quantitative estimate of drug-likeness (QED) is 0.274. The second kappa shape index (κ2) is 8.94. The number of aromatic nitrogens is 2. The van der Waals surface area contributed by atoms with E-state index in [9.17, 15) is 0 Å². The number of nitrogens with two attached hydrogens (primary N) is 2. The average Bonchev–Trinajstić information content (AvgIpc) is 3.24. The van der Waals surface area contributed by atoms with Crippen molar-refractivity contribution in [3.63, 3.8) is 0 Å². The summed E-state index contributed by atoms with van der Waals surface area (Å²) in [6.45, 7) is 0. The van der Waals surface area contributed by atoms with Gasteiger partial charge in [-0.05, 0) is 23.6 Å². The number of para-hydroxylation sites is 1. The Hall–Kier alpha value is -3.73. The van der Waals surface area contributed by atoms with E-state index in [4.69, 9.17) is 26.8 Å². The summed E-state index contributed by atoms with van der Waals surface area (Å²) in [6, 6.07) is 13.9. The van der Waals surface area contributed by atoms with Crippen molar-refractivity contribution in [3.05, 3.63) is 69.7 Å². The molecular formula is C15H15N7O3S. The van der Waals surface area contributed by atoms with Crippen molar-refractivity contribution in [2.75, 3.05) is 0 Å². The molecule has 3 aromatic rings. The van der Waals surface area contributed by atoms with Crippen LogP contribution >= 0.6 is 11.3 Å². The van der Waals surface area contributed by atoms with Gasteiger partial charge in [-0.25, -0.2) is 4.68 Å². The van der Waals surface area contributed by atoms with Crippen molar-refractivity contribution >= 4 is 23.5 Å². The van der Waals surface area contributed by atoms with Crippen molar-refractivity contribution in [1.82, 2.24) is 9.78 Å². The van der Waals surface area contributed by atoms with Gasteiger partial charge in [0.15, 0.2) is 0 Å². The van der Waals surface area contributed by atoms with Crippen molar-refractivity contribution < 1.29 is 10.3 Å². The molecule has 26 heavy (non-hydrogen) atoms. The highest BCUT2D eigenvalue weighted by atomic mass is 32.1. The predicted molar refractivity (Wildman–Crippen MR) is 99.1 cm³/mol. The molecule has 0 aliphatic rings. The van der Waals surface area contributed by atoms with Gasteiger partial charge in [0.2, 0.25) is 5.96 Å². The minimum Gasteiger partial charge on any atom is -0.369 e. The average molecular weight is 373 g/mol. The third-order valence-corrected chi connectivity index (χ3v) is 3.76. The highest BCUT2D eigenvalue weighted by Crippen LogP contribution is 2.26. The summed E-state index contributed by atoms with van der Waals surface area (Å²) in [5.74, 6) is -0.0793. The molecular weight excluding hydrogens is 358 g/mol. The lowest BCUT2D eigenvalue weighted by Crippen LogP contribution is -2.21. The molecule has 0 amide bonds. The van der Waals surface area contributed by atoms with Crippen molar-refractivity contribution in [2.45, 2.75) is 0 Å². The number of hydrogen-bond donors (Lipinski definition) is 3. The molecule has 134 valence electrons. The smallest absolute Gasteiger partial charge is 0.291 e. The Balaban J connectivity index is 0.000000552. The maximum absolute atomic E-state index is 8.36. The fourth-order valence-corrected chi connectivity index (χ4v) is 2.69. The lowest BCUT2D eigenvalue weighted by atomic mass is 10.2. The van der Waals surface area contributed by atoms with Crippen molar-refractivity contribution in [3.8, 4) is 16.3 Å². The fourth-order valence-electron chi connectivity index (χ4n) is 1.96. The molecule has 0 aliphatic carbocycles. The monoisotopic (exact) mass is 373 g/mol. The van der Waals surface area contributed by atoms with E-state index >= 15 is 0 Å². The first kappa shape index (κ1) is 18.6. The molecule has 0 radical (unpaired) electrons. The topological polar surface area (TPSA) is 158 Å². The third kappa shape index (κ3) is 5.42. The zero-order chi connectivity index (χ0) is 18.9. The van der Waals surface area contributed by atoms with Crippen LogP contribution in [0.1, 0.15) is 5.56 Å². The van der Waals surface area contributed by atoms with Crippen LogP contribution in [0.15, 0.2) is 64.2 Å². The maximum Gasteiger partial charge on any atom is 0.291 e. The molecule has 3 rings (SSSR count). The van der Waals surface area contributed by atoms with Crippen molar-refractivity contribution in [1.29, 1.82) is 0 Å². The predicted octanol–water partition coefficient (Wildman–Crippen LogP) is 1.86. The molecule has 10 nitrogen and oxygen atoms in total. The fraction of sp³-hybridized carbons (Fsp3) is 0. The highest BCUT2D eigenvalue weighted by Gasteiger charge is 2.11. The Bertz CT molecular complexity index is 897. The Morgan fingerprint density at radius 1 is 1.27 bits per heavy atom. The van der Waals surface area contributed by atoms with Crippen LogP contribution in [0.4, 0.5) is 0 Å². The summed E-state index contributed by atoms with van der Waals surface area (Å²) >= 11 is 1.62. The third-order valence-electron chi connectivity index (χ3n) is 2.89. The largest absolute Gasteiger partial charge is 0.369 e. The summed E-state index contributed by atoms with van der Waals surface area (Å²) in [7, 11) is 0. The molecule has 1 aromatic carbocycles. The second-order valence-electron chi connectivity index (χ2n) is 4.70. The van der Waals surface area contributed by atoms with E-state index in [0.717, 1.165) is 21.8 Å². The molecule has 0 atom stereocenters. The van der Waals surface area contributed by atoms with Gasteiger partial charge in [0.1, 0.15) is 5.69 Å². The first-order chi connectivity index (χ1) is 12.5. The molecule has 2 heterocycles. The Morgan fingerprint density at radius 2 is 1.96 bits per heavy atom. The number of benzene rings is 1. The molecule has 0 bridgehead atoms. The number of rotatable bonds is 4. The van der Waals surface area contributed by atoms with Gasteiger partial charge in [-0.3, -0.25) is 0 Å². The molecule has 0 spiro atoms. The van der Waals surface area contributed by atoms with Crippen molar-refractivity contribution in [2.24, 2.45) is 21.7 Å². The van der Waals surface area contributed by atoms with E-state index in [2.05, 4.69) is 15.3 Å². The van der Waals surface area contributed by atoms with Crippen LogP contribution in [-0.4, -0.2) is 32.2 Å². The summed E-state index contributed by atoms with van der Waals surface area (Å²) in [4.78, 5) is 9.42. The minimum atomic E-state index is -1.50. The van der Waals surface area contributed by atoms with Gasteiger partial charge >= 0.3 is 0 Å². The molecule has 0 aliphatic heterocycles. The van der Waals surface area contributed by atoms with Gasteiger partial charge in [0, 0.05) is 11.8 Å². The summed E-state index contributed by atoms with van der Waals surface area (Å²) in [5, 5.41) is 27.8. The zero-order valence-electron chi connectivity index (χ0n) is 13.3. The van der Waals surface area contributed by atoms with E-state index < -0.39 is 5.09 Å². The van der Waals surface area contributed by atoms with E-state index in [1.165, 1.54) is 0 Å². The maximum atomic E-state index is 8.36. The summed E-state index contributed by atoms with van der Waals surface area (Å²) in [6.07, 6.45) is 3.50. The molecule has 5 N–H and O–H groups in total. The van der Waals surface area contributed by atoms with E-state index in [-0.39, 0.29) is 5.96 Å². The van der Waals surface area contributed by atoms with Gasteiger partial charge in [-0.15, -0.1) is 26.6 Å². The number of hydrogen-bond acceptors (Lipinski definition) is 6. The summed E-state index contributed by atoms with van der Waals surface area (Å²) in [5.41, 5.74) is 13.2. The van der Waals surface area contributed by atoms with Gasteiger partial charge in [0.05, 0.1) is 16.8 Å². The number of thiophene rings is 1. The van der Waals surface area contributed by atoms with Crippen LogP contribution in [-0.2, 0) is 0 Å². The Kier molecular flexibility index (Phi) is 6.40. The van der Waals surface area contributed by atoms with Crippen LogP contribution in [0.25, 0.3) is 16.3 Å². The number of nitrogens with zero attached hydrogens (tertiary/aromatic N) is 5. The first-order valence-electron chi connectivity index (χ1n) is 7.11.